The lowest BCUT2D eigenvalue weighted by atomic mass is 9.75. The van der Waals surface area contributed by atoms with Gasteiger partial charge in [-0.15, -0.1) is 0 Å². The fraction of sp³-hybridized carbons (Fsp3) is 0.182. The van der Waals surface area contributed by atoms with Gasteiger partial charge in [0.2, 0.25) is 0 Å². The SMILES string of the molecule is N#CC1=C(N)N(c2ccc(Cl)cc2)C2=C(C(=O)CCC2)[C@H]1c1ccc(Cl)cc1. The molecule has 0 saturated carbocycles. The highest BCUT2D eigenvalue weighted by Gasteiger charge is 2.40. The van der Waals surface area contributed by atoms with Crippen LogP contribution in [0.2, 0.25) is 10.0 Å². The van der Waals surface area contributed by atoms with Crippen molar-refractivity contribution >= 4 is 34.7 Å². The summed E-state index contributed by atoms with van der Waals surface area (Å²) in [5, 5.41) is 11.1. The van der Waals surface area contributed by atoms with E-state index in [1.54, 1.807) is 24.3 Å². The number of anilines is 1. The van der Waals surface area contributed by atoms with Gasteiger partial charge in [-0.2, -0.15) is 5.26 Å². The highest BCUT2D eigenvalue weighted by atomic mass is 35.5. The van der Waals surface area contributed by atoms with E-state index in [1.165, 1.54) is 0 Å². The lowest BCUT2D eigenvalue weighted by Crippen LogP contribution is -2.38. The van der Waals surface area contributed by atoms with Crippen LogP contribution in [0.5, 0.6) is 0 Å². The second kappa shape index (κ2) is 7.35. The normalized spacial score (nSPS) is 19.5. The Hall–Kier alpha value is -2.74. The van der Waals surface area contributed by atoms with Gasteiger partial charge in [0.05, 0.1) is 17.6 Å². The van der Waals surface area contributed by atoms with E-state index in [-0.39, 0.29) is 5.78 Å². The fourth-order valence-corrected chi connectivity index (χ4v) is 4.21. The van der Waals surface area contributed by atoms with Crippen molar-refractivity contribution in [1.29, 1.82) is 5.26 Å². The predicted molar refractivity (Wildman–Crippen MR) is 111 cm³/mol. The molecule has 0 amide bonds. The molecule has 2 aliphatic rings. The first-order valence-corrected chi connectivity index (χ1v) is 9.74. The van der Waals surface area contributed by atoms with Crippen LogP contribution in [0.4, 0.5) is 5.69 Å². The van der Waals surface area contributed by atoms with Crippen molar-refractivity contribution in [2.75, 3.05) is 4.90 Å². The maximum Gasteiger partial charge on any atom is 0.161 e. The molecule has 1 heterocycles. The Bertz CT molecular complexity index is 1050. The number of carbonyl (C=O) groups excluding carboxylic acids is 1. The summed E-state index contributed by atoms with van der Waals surface area (Å²) in [6.07, 6.45) is 1.94. The Labute approximate surface area is 173 Å². The third-order valence-electron chi connectivity index (χ3n) is 5.20. The third kappa shape index (κ3) is 3.07. The monoisotopic (exact) mass is 409 g/mol. The first-order valence-electron chi connectivity index (χ1n) is 8.98. The molecule has 1 aliphatic heterocycles. The molecule has 4 rings (SSSR count). The highest BCUT2D eigenvalue weighted by molar-refractivity contribution is 6.30. The molecule has 2 aromatic rings. The summed E-state index contributed by atoms with van der Waals surface area (Å²) >= 11 is 12.1. The van der Waals surface area contributed by atoms with Crippen LogP contribution in [-0.2, 0) is 4.79 Å². The van der Waals surface area contributed by atoms with E-state index in [0.29, 0.717) is 39.9 Å². The number of carbonyl (C=O) groups is 1. The number of nitrogens with zero attached hydrogens (tertiary/aromatic N) is 2. The maximum absolute atomic E-state index is 13.0. The Morgan fingerprint density at radius 3 is 2.21 bits per heavy atom. The van der Waals surface area contributed by atoms with Gasteiger partial charge in [0.25, 0.3) is 0 Å². The van der Waals surface area contributed by atoms with Gasteiger partial charge in [-0.25, -0.2) is 0 Å². The number of rotatable bonds is 2. The standard InChI is InChI=1S/C22H17Cl2N3O/c23-14-6-4-13(5-7-14)20-17(12-25)22(26)27(16-10-8-15(24)9-11-16)18-2-1-3-19(28)21(18)20/h4-11,20H,1-3,26H2/t20-/m0/s1. The molecule has 0 unspecified atom stereocenters. The Morgan fingerprint density at radius 2 is 1.61 bits per heavy atom. The van der Waals surface area contributed by atoms with Crippen molar-refractivity contribution in [3.8, 4) is 6.07 Å². The first-order chi connectivity index (χ1) is 13.5. The molecule has 1 aliphatic carbocycles. The van der Waals surface area contributed by atoms with Gasteiger partial charge in [-0.05, 0) is 54.8 Å². The van der Waals surface area contributed by atoms with Crippen LogP contribution in [0, 0.1) is 11.3 Å². The molecule has 140 valence electrons. The summed E-state index contributed by atoms with van der Waals surface area (Å²) in [5.41, 5.74) is 9.98. The number of hydrogen-bond donors (Lipinski definition) is 1. The summed E-state index contributed by atoms with van der Waals surface area (Å²) in [4.78, 5) is 14.8. The van der Waals surface area contributed by atoms with Crippen LogP contribution >= 0.6 is 23.2 Å². The van der Waals surface area contributed by atoms with E-state index in [0.717, 1.165) is 23.4 Å². The molecule has 0 bridgehead atoms. The highest BCUT2D eigenvalue weighted by Crippen LogP contribution is 2.46. The Balaban J connectivity index is 1.95. The fourth-order valence-electron chi connectivity index (χ4n) is 3.96. The van der Waals surface area contributed by atoms with Crippen molar-refractivity contribution in [2.24, 2.45) is 5.73 Å². The van der Waals surface area contributed by atoms with Gasteiger partial charge in [-0.1, -0.05) is 35.3 Å². The molecular formula is C22H17Cl2N3O. The van der Waals surface area contributed by atoms with Gasteiger partial charge in [0.1, 0.15) is 5.82 Å². The van der Waals surface area contributed by atoms with Crippen molar-refractivity contribution in [3.05, 3.63) is 86.8 Å². The zero-order valence-corrected chi connectivity index (χ0v) is 16.5. The van der Waals surface area contributed by atoms with Gasteiger partial charge in [-0.3, -0.25) is 9.69 Å². The number of ketones is 1. The predicted octanol–water partition coefficient (Wildman–Crippen LogP) is 5.30. The lowest BCUT2D eigenvalue weighted by molar-refractivity contribution is -0.116. The molecule has 0 fully saturated rings. The second-order valence-corrected chi connectivity index (χ2v) is 7.72. The summed E-state index contributed by atoms with van der Waals surface area (Å²) in [7, 11) is 0. The van der Waals surface area contributed by atoms with Crippen LogP contribution in [0.1, 0.15) is 30.7 Å². The van der Waals surface area contributed by atoms with E-state index < -0.39 is 5.92 Å². The topological polar surface area (TPSA) is 70.1 Å². The zero-order valence-electron chi connectivity index (χ0n) is 15.0. The minimum absolute atomic E-state index is 0.0559. The Kier molecular flexibility index (Phi) is 4.89. The molecule has 0 spiro atoms. The average Bonchev–Trinajstić information content (AvgIpc) is 2.69. The van der Waals surface area contributed by atoms with Crippen LogP contribution in [0.15, 0.2) is 71.2 Å². The third-order valence-corrected chi connectivity index (χ3v) is 5.71. The number of halogens is 2. The molecule has 28 heavy (non-hydrogen) atoms. The smallest absolute Gasteiger partial charge is 0.161 e. The van der Waals surface area contributed by atoms with Gasteiger partial charge in [0.15, 0.2) is 5.78 Å². The van der Waals surface area contributed by atoms with Crippen LogP contribution < -0.4 is 10.6 Å². The summed E-state index contributed by atoms with van der Waals surface area (Å²) in [6, 6.07) is 16.7. The van der Waals surface area contributed by atoms with Crippen molar-refractivity contribution < 1.29 is 4.79 Å². The van der Waals surface area contributed by atoms with Crippen molar-refractivity contribution in [2.45, 2.75) is 25.2 Å². The maximum atomic E-state index is 13.0. The van der Waals surface area contributed by atoms with E-state index in [2.05, 4.69) is 6.07 Å². The lowest BCUT2D eigenvalue weighted by Gasteiger charge is -2.39. The molecule has 0 radical (unpaired) electrons. The molecular weight excluding hydrogens is 393 g/mol. The number of nitriles is 1. The number of hydrogen-bond acceptors (Lipinski definition) is 4. The summed E-state index contributed by atoms with van der Waals surface area (Å²) < 4.78 is 0. The quantitative estimate of drug-likeness (QED) is 0.730. The molecule has 1 atom stereocenters. The zero-order chi connectivity index (χ0) is 19.8. The van der Waals surface area contributed by atoms with Crippen LogP contribution in [-0.4, -0.2) is 5.78 Å². The van der Waals surface area contributed by atoms with Crippen molar-refractivity contribution in [3.63, 3.8) is 0 Å². The van der Waals surface area contributed by atoms with Gasteiger partial charge in [0, 0.05) is 33.4 Å². The molecule has 0 aromatic heterocycles. The minimum atomic E-state index is -0.478. The molecule has 2 aromatic carbocycles. The van der Waals surface area contributed by atoms with Crippen LogP contribution in [0.3, 0.4) is 0 Å². The Morgan fingerprint density at radius 1 is 1.00 bits per heavy atom. The number of allylic oxidation sites excluding steroid dienone is 3. The van der Waals surface area contributed by atoms with Gasteiger partial charge < -0.3 is 5.73 Å². The first kappa shape index (κ1) is 18.6. The van der Waals surface area contributed by atoms with E-state index in [9.17, 15) is 10.1 Å². The van der Waals surface area contributed by atoms with Crippen LogP contribution in [0.25, 0.3) is 0 Å². The summed E-state index contributed by atoms with van der Waals surface area (Å²) in [6.45, 7) is 0. The second-order valence-electron chi connectivity index (χ2n) is 6.84. The molecule has 4 nitrogen and oxygen atoms in total. The van der Waals surface area contributed by atoms with E-state index in [4.69, 9.17) is 28.9 Å². The van der Waals surface area contributed by atoms with E-state index in [1.807, 2.05) is 29.2 Å². The van der Waals surface area contributed by atoms with Crippen molar-refractivity contribution in [1.82, 2.24) is 0 Å². The minimum Gasteiger partial charge on any atom is -0.384 e. The number of Topliss-reactive ketones (excluding diaryl/α,β-unsaturated/α-hetero) is 1. The van der Waals surface area contributed by atoms with Gasteiger partial charge >= 0.3 is 0 Å². The number of nitrogens with two attached hydrogens (primary N) is 1. The molecule has 2 N–H and O–H groups in total. The molecule has 6 heteroatoms. The average molecular weight is 410 g/mol. The number of benzene rings is 2. The summed E-state index contributed by atoms with van der Waals surface area (Å²) in [5.74, 6) is -0.0766. The molecule has 0 saturated heterocycles. The largest absolute Gasteiger partial charge is 0.384 e. The van der Waals surface area contributed by atoms with E-state index >= 15 is 0 Å².